The van der Waals surface area contributed by atoms with E-state index in [2.05, 4.69) is 10.6 Å². The maximum atomic E-state index is 12.8. The second kappa shape index (κ2) is 16.3. The summed E-state index contributed by atoms with van der Waals surface area (Å²) in [6, 6.07) is 14.4. The van der Waals surface area contributed by atoms with Gasteiger partial charge in [-0.05, 0) is 54.7 Å². The number of amides is 1. The van der Waals surface area contributed by atoms with E-state index in [1.54, 1.807) is 14.2 Å². The number of rotatable bonds is 18. The first-order chi connectivity index (χ1) is 18.2. The number of carbonyl (C=O) groups is 1. The quantitative estimate of drug-likeness (QED) is 0.262. The van der Waals surface area contributed by atoms with E-state index < -0.39 is 28.1 Å². The van der Waals surface area contributed by atoms with Crippen molar-refractivity contribution in [2.24, 2.45) is 0 Å². The summed E-state index contributed by atoms with van der Waals surface area (Å²) in [5.41, 5.74) is 1.91. The van der Waals surface area contributed by atoms with Crippen LogP contribution in [0.5, 0.6) is 11.5 Å². The van der Waals surface area contributed by atoms with Gasteiger partial charge < -0.3 is 25.2 Å². The molecule has 9 nitrogen and oxygen atoms in total. The van der Waals surface area contributed by atoms with Gasteiger partial charge in [-0.3, -0.25) is 4.79 Å². The Bertz CT molecular complexity index is 1070. The molecule has 212 valence electrons. The van der Waals surface area contributed by atoms with Crippen molar-refractivity contribution in [3.05, 3.63) is 59.7 Å². The average Bonchev–Trinajstić information content (AvgIpc) is 2.92. The van der Waals surface area contributed by atoms with Gasteiger partial charge in [-0.25, -0.2) is 12.7 Å². The third-order valence-corrected chi connectivity index (χ3v) is 8.04. The van der Waals surface area contributed by atoms with Crippen LogP contribution in [0.1, 0.15) is 44.2 Å². The van der Waals surface area contributed by atoms with Crippen LogP contribution in [0.3, 0.4) is 0 Å². The van der Waals surface area contributed by atoms with Crippen molar-refractivity contribution in [3.8, 4) is 11.5 Å². The highest BCUT2D eigenvalue weighted by Gasteiger charge is 2.25. The van der Waals surface area contributed by atoms with Crippen LogP contribution in [0.15, 0.2) is 48.5 Å². The number of sulfonamides is 1. The molecule has 0 bridgehead atoms. The third-order valence-electron chi connectivity index (χ3n) is 6.17. The molecule has 38 heavy (non-hydrogen) atoms. The summed E-state index contributed by atoms with van der Waals surface area (Å²) >= 11 is 0. The predicted octanol–water partition coefficient (Wildman–Crippen LogP) is 2.72. The normalized spacial score (nSPS) is 13.2. The number of aliphatic hydroxyl groups is 1. The van der Waals surface area contributed by atoms with Gasteiger partial charge in [-0.15, -0.1) is 0 Å². The van der Waals surface area contributed by atoms with E-state index in [-0.39, 0.29) is 18.7 Å². The number of benzene rings is 2. The fraction of sp³-hybridized carbons (Fsp3) is 0.536. The fourth-order valence-electron chi connectivity index (χ4n) is 4.11. The Morgan fingerprint density at radius 1 is 0.974 bits per heavy atom. The number of hydrogen-bond acceptors (Lipinski definition) is 7. The average molecular weight is 550 g/mol. The first kappa shape index (κ1) is 31.6. The van der Waals surface area contributed by atoms with Crippen LogP contribution in [0.25, 0.3) is 0 Å². The van der Waals surface area contributed by atoms with Gasteiger partial charge in [-0.1, -0.05) is 38.1 Å². The Kier molecular flexibility index (Phi) is 13.6. The number of ether oxygens (including phenoxy) is 2. The van der Waals surface area contributed by atoms with E-state index in [1.165, 1.54) is 4.31 Å². The van der Waals surface area contributed by atoms with E-state index in [1.807, 2.05) is 62.4 Å². The van der Waals surface area contributed by atoms with Gasteiger partial charge in [0.2, 0.25) is 15.9 Å². The van der Waals surface area contributed by atoms with Crippen LogP contribution in [0.2, 0.25) is 0 Å². The van der Waals surface area contributed by atoms with E-state index in [0.29, 0.717) is 44.6 Å². The topological polar surface area (TPSA) is 117 Å². The van der Waals surface area contributed by atoms with Crippen molar-refractivity contribution in [1.82, 2.24) is 14.9 Å². The van der Waals surface area contributed by atoms with Gasteiger partial charge in [0.15, 0.2) is 0 Å². The van der Waals surface area contributed by atoms with Crippen LogP contribution < -0.4 is 20.1 Å². The number of nitrogens with zero attached hydrogens (tertiary/aromatic N) is 1. The maximum absolute atomic E-state index is 12.8. The number of hydrogen-bond donors (Lipinski definition) is 3. The molecule has 2 atom stereocenters. The van der Waals surface area contributed by atoms with Gasteiger partial charge in [0.25, 0.3) is 0 Å². The highest BCUT2D eigenvalue weighted by atomic mass is 32.2. The van der Waals surface area contributed by atoms with Crippen LogP contribution in [0.4, 0.5) is 0 Å². The summed E-state index contributed by atoms with van der Waals surface area (Å²) in [4.78, 5) is 12.8. The SMILES string of the molecule is CCCN(CCC)S(=O)(=O)CCC(=O)N[C@@H](Cc1ccc(OC)cc1)[C@H](O)CNCc1cccc(OC)c1. The molecule has 0 saturated carbocycles. The fourth-order valence-corrected chi connectivity index (χ4v) is 5.73. The van der Waals surface area contributed by atoms with E-state index in [4.69, 9.17) is 9.47 Å². The number of carbonyl (C=O) groups excluding carboxylic acids is 1. The monoisotopic (exact) mass is 549 g/mol. The van der Waals surface area contributed by atoms with E-state index >= 15 is 0 Å². The van der Waals surface area contributed by atoms with Crippen molar-refractivity contribution >= 4 is 15.9 Å². The lowest BCUT2D eigenvalue weighted by atomic mass is 10.0. The van der Waals surface area contributed by atoms with Crippen LogP contribution in [-0.4, -0.2) is 75.5 Å². The highest BCUT2D eigenvalue weighted by Crippen LogP contribution is 2.15. The molecule has 0 fully saturated rings. The van der Waals surface area contributed by atoms with Gasteiger partial charge in [0.05, 0.1) is 32.1 Å². The smallest absolute Gasteiger partial charge is 0.221 e. The summed E-state index contributed by atoms with van der Waals surface area (Å²) in [6.45, 7) is 5.49. The minimum absolute atomic E-state index is 0.171. The highest BCUT2D eigenvalue weighted by molar-refractivity contribution is 7.89. The zero-order chi connectivity index (χ0) is 28.0. The Morgan fingerprint density at radius 2 is 1.63 bits per heavy atom. The number of aliphatic hydroxyl groups excluding tert-OH is 1. The molecular formula is C28H43N3O6S. The Morgan fingerprint density at radius 3 is 2.24 bits per heavy atom. The Labute approximate surface area is 227 Å². The molecule has 1 amide bonds. The van der Waals surface area contributed by atoms with E-state index in [9.17, 15) is 18.3 Å². The molecule has 0 spiro atoms. The van der Waals surface area contributed by atoms with Gasteiger partial charge in [-0.2, -0.15) is 0 Å². The van der Waals surface area contributed by atoms with Crippen LogP contribution >= 0.6 is 0 Å². The molecule has 0 saturated heterocycles. The number of nitrogens with one attached hydrogen (secondary N) is 2. The molecule has 0 aliphatic carbocycles. The zero-order valence-corrected chi connectivity index (χ0v) is 23.8. The van der Waals surface area contributed by atoms with Crippen molar-refractivity contribution in [2.45, 2.75) is 58.2 Å². The second-order valence-electron chi connectivity index (χ2n) is 9.24. The lowest BCUT2D eigenvalue weighted by Gasteiger charge is -2.25. The summed E-state index contributed by atoms with van der Waals surface area (Å²) in [5.74, 6) is 0.787. The molecule has 10 heteroatoms. The van der Waals surface area contributed by atoms with Crippen molar-refractivity contribution in [2.75, 3.05) is 39.6 Å². The summed E-state index contributed by atoms with van der Waals surface area (Å²) in [5, 5.41) is 17.1. The zero-order valence-electron chi connectivity index (χ0n) is 23.0. The number of methoxy groups -OCH3 is 2. The standard InChI is InChI=1S/C28H43N3O6S/c1-5-15-31(16-6-2)38(34,35)17-14-28(33)30-26(19-22-10-12-24(36-3)13-11-22)27(32)21-29-20-23-8-7-9-25(18-23)37-4/h7-13,18,26-27,29,32H,5-6,14-17,19-21H2,1-4H3,(H,30,33)/t26-,27+/m0/s1. The summed E-state index contributed by atoms with van der Waals surface area (Å²) in [7, 11) is -0.342. The lowest BCUT2D eigenvalue weighted by molar-refractivity contribution is -0.122. The maximum Gasteiger partial charge on any atom is 0.221 e. The van der Waals surface area contributed by atoms with Crippen molar-refractivity contribution < 1.29 is 27.8 Å². The van der Waals surface area contributed by atoms with Gasteiger partial charge >= 0.3 is 0 Å². The molecule has 2 aromatic rings. The molecule has 2 rings (SSSR count). The summed E-state index contributed by atoms with van der Waals surface area (Å²) < 4.78 is 37.5. The minimum atomic E-state index is -3.54. The molecule has 0 aliphatic rings. The molecule has 0 radical (unpaired) electrons. The molecular weight excluding hydrogens is 506 g/mol. The van der Waals surface area contributed by atoms with Crippen LogP contribution in [0, 0.1) is 0 Å². The van der Waals surface area contributed by atoms with E-state index in [0.717, 1.165) is 16.9 Å². The van der Waals surface area contributed by atoms with Crippen molar-refractivity contribution in [3.63, 3.8) is 0 Å². The Hall–Kier alpha value is -2.66. The van der Waals surface area contributed by atoms with Crippen LogP contribution in [-0.2, 0) is 27.8 Å². The van der Waals surface area contributed by atoms with Gasteiger partial charge in [0.1, 0.15) is 11.5 Å². The minimum Gasteiger partial charge on any atom is -0.497 e. The molecule has 0 heterocycles. The Balaban J connectivity index is 2.04. The first-order valence-corrected chi connectivity index (χ1v) is 14.7. The molecule has 0 unspecified atom stereocenters. The molecule has 0 aliphatic heterocycles. The summed E-state index contributed by atoms with van der Waals surface area (Å²) in [6.07, 6.45) is 0.728. The largest absolute Gasteiger partial charge is 0.497 e. The predicted molar refractivity (Wildman–Crippen MR) is 150 cm³/mol. The molecule has 2 aromatic carbocycles. The van der Waals surface area contributed by atoms with Crippen molar-refractivity contribution in [1.29, 1.82) is 0 Å². The second-order valence-corrected chi connectivity index (χ2v) is 11.3. The molecule has 3 N–H and O–H groups in total. The lowest BCUT2D eigenvalue weighted by Crippen LogP contribution is -2.49. The third kappa shape index (κ3) is 10.6. The first-order valence-electron chi connectivity index (χ1n) is 13.1. The molecule has 0 aromatic heterocycles. The van der Waals surface area contributed by atoms with Gasteiger partial charge in [0, 0.05) is 32.6 Å².